The molecule has 0 heterocycles. The zero-order valence-corrected chi connectivity index (χ0v) is 11.8. The van der Waals surface area contributed by atoms with Crippen molar-refractivity contribution in [3.05, 3.63) is 34.9 Å². The molecule has 0 aliphatic heterocycles. The molecule has 0 amide bonds. The molecule has 4 heteroatoms. The predicted octanol–water partition coefficient (Wildman–Crippen LogP) is 2.79. The highest BCUT2D eigenvalue weighted by Gasteiger charge is 2.21. The van der Waals surface area contributed by atoms with Crippen LogP contribution in [0, 0.1) is 0 Å². The molecular formula is C16H18O4. The third-order valence-corrected chi connectivity index (χ3v) is 3.34. The molecular weight excluding hydrogens is 256 g/mol. The SMILES string of the molecule is CCOC(=O)/C=C/c1c(OC)ccc2c1CCCC2=O. The summed E-state index contributed by atoms with van der Waals surface area (Å²) in [5.41, 5.74) is 2.49. The maximum absolute atomic E-state index is 11.9. The second-order valence-corrected chi connectivity index (χ2v) is 4.57. The second kappa shape index (κ2) is 6.37. The molecule has 1 aromatic carbocycles. The number of carbonyl (C=O) groups is 2. The van der Waals surface area contributed by atoms with Crippen molar-refractivity contribution in [1.29, 1.82) is 0 Å². The lowest BCUT2D eigenvalue weighted by Crippen LogP contribution is -2.12. The standard InChI is InChI=1S/C16H18O4/c1-3-20-16(18)10-8-13-11-5-4-6-14(17)12(11)7-9-15(13)19-2/h7-10H,3-6H2,1-2H3/b10-8+. The van der Waals surface area contributed by atoms with Crippen LogP contribution in [-0.4, -0.2) is 25.5 Å². The molecule has 0 radical (unpaired) electrons. The van der Waals surface area contributed by atoms with Gasteiger partial charge in [-0.05, 0) is 43.5 Å². The molecule has 106 valence electrons. The van der Waals surface area contributed by atoms with Gasteiger partial charge in [-0.3, -0.25) is 4.79 Å². The topological polar surface area (TPSA) is 52.6 Å². The zero-order valence-electron chi connectivity index (χ0n) is 11.8. The first-order valence-corrected chi connectivity index (χ1v) is 6.75. The number of ketones is 1. The van der Waals surface area contributed by atoms with E-state index in [1.807, 2.05) is 0 Å². The molecule has 0 N–H and O–H groups in total. The van der Waals surface area contributed by atoms with Gasteiger partial charge in [0.15, 0.2) is 5.78 Å². The van der Waals surface area contributed by atoms with Crippen molar-refractivity contribution in [1.82, 2.24) is 0 Å². The normalized spacial score (nSPS) is 14.2. The molecule has 0 saturated heterocycles. The van der Waals surface area contributed by atoms with E-state index in [4.69, 9.17) is 9.47 Å². The zero-order chi connectivity index (χ0) is 14.5. The summed E-state index contributed by atoms with van der Waals surface area (Å²) in [4.78, 5) is 23.4. The average Bonchev–Trinajstić information content (AvgIpc) is 2.45. The summed E-state index contributed by atoms with van der Waals surface area (Å²) >= 11 is 0. The summed E-state index contributed by atoms with van der Waals surface area (Å²) in [6, 6.07) is 3.57. The lowest BCUT2D eigenvalue weighted by molar-refractivity contribution is -0.137. The van der Waals surface area contributed by atoms with Crippen molar-refractivity contribution < 1.29 is 19.1 Å². The van der Waals surface area contributed by atoms with Crippen molar-refractivity contribution in [2.45, 2.75) is 26.2 Å². The van der Waals surface area contributed by atoms with E-state index in [9.17, 15) is 9.59 Å². The maximum Gasteiger partial charge on any atom is 0.330 e. The second-order valence-electron chi connectivity index (χ2n) is 4.57. The van der Waals surface area contributed by atoms with Gasteiger partial charge in [0.25, 0.3) is 0 Å². The molecule has 1 aromatic rings. The largest absolute Gasteiger partial charge is 0.496 e. The Morgan fingerprint density at radius 2 is 2.15 bits per heavy atom. The van der Waals surface area contributed by atoms with E-state index < -0.39 is 5.97 Å². The summed E-state index contributed by atoms with van der Waals surface area (Å²) in [6.45, 7) is 2.10. The van der Waals surface area contributed by atoms with Crippen LogP contribution in [0.25, 0.3) is 6.08 Å². The molecule has 0 saturated carbocycles. The number of Topliss-reactive ketones (excluding diaryl/α,β-unsaturated/α-hetero) is 1. The molecule has 0 spiro atoms. The summed E-state index contributed by atoms with van der Waals surface area (Å²) < 4.78 is 10.2. The van der Waals surface area contributed by atoms with Gasteiger partial charge in [-0.1, -0.05) is 0 Å². The van der Waals surface area contributed by atoms with Gasteiger partial charge in [-0.15, -0.1) is 0 Å². The van der Waals surface area contributed by atoms with Crippen LogP contribution >= 0.6 is 0 Å². The van der Waals surface area contributed by atoms with Crippen molar-refractivity contribution in [3.8, 4) is 5.75 Å². The average molecular weight is 274 g/mol. The van der Waals surface area contributed by atoms with Crippen LogP contribution in [-0.2, 0) is 16.0 Å². The van der Waals surface area contributed by atoms with E-state index >= 15 is 0 Å². The third-order valence-electron chi connectivity index (χ3n) is 3.34. The first-order chi connectivity index (χ1) is 9.67. The van der Waals surface area contributed by atoms with Crippen molar-refractivity contribution in [2.75, 3.05) is 13.7 Å². The fourth-order valence-electron chi connectivity index (χ4n) is 2.44. The first kappa shape index (κ1) is 14.3. The van der Waals surface area contributed by atoms with Crippen LogP contribution in [0.5, 0.6) is 5.75 Å². The Balaban J connectivity index is 2.41. The van der Waals surface area contributed by atoms with Crippen LogP contribution in [0.3, 0.4) is 0 Å². The maximum atomic E-state index is 11.9. The minimum absolute atomic E-state index is 0.152. The highest BCUT2D eigenvalue weighted by Crippen LogP contribution is 2.32. The van der Waals surface area contributed by atoms with Gasteiger partial charge in [0.2, 0.25) is 0 Å². The first-order valence-electron chi connectivity index (χ1n) is 6.75. The van der Waals surface area contributed by atoms with Crippen LogP contribution < -0.4 is 4.74 Å². The highest BCUT2D eigenvalue weighted by atomic mass is 16.5. The van der Waals surface area contributed by atoms with Gasteiger partial charge in [0.1, 0.15) is 5.75 Å². The minimum Gasteiger partial charge on any atom is -0.496 e. The van der Waals surface area contributed by atoms with Crippen molar-refractivity contribution in [2.24, 2.45) is 0 Å². The van der Waals surface area contributed by atoms with Gasteiger partial charge in [0.05, 0.1) is 13.7 Å². The predicted molar refractivity (Wildman–Crippen MR) is 75.9 cm³/mol. The Kier molecular flexibility index (Phi) is 4.56. The molecule has 1 aliphatic carbocycles. The summed E-state index contributed by atoms with van der Waals surface area (Å²) in [5.74, 6) is 0.424. The Morgan fingerprint density at radius 1 is 1.35 bits per heavy atom. The third kappa shape index (κ3) is 2.90. The lowest BCUT2D eigenvalue weighted by Gasteiger charge is -2.19. The fraction of sp³-hybridized carbons (Fsp3) is 0.375. The Hall–Kier alpha value is -2.10. The summed E-state index contributed by atoms with van der Waals surface area (Å²) in [7, 11) is 1.58. The number of esters is 1. The molecule has 0 atom stereocenters. The van der Waals surface area contributed by atoms with Crippen molar-refractivity contribution >= 4 is 17.8 Å². The molecule has 20 heavy (non-hydrogen) atoms. The van der Waals surface area contributed by atoms with Crippen LogP contribution in [0.4, 0.5) is 0 Å². The molecule has 2 rings (SSSR count). The van der Waals surface area contributed by atoms with E-state index in [2.05, 4.69) is 0 Å². The van der Waals surface area contributed by atoms with Gasteiger partial charge in [-0.25, -0.2) is 4.79 Å². The van der Waals surface area contributed by atoms with Crippen molar-refractivity contribution in [3.63, 3.8) is 0 Å². The van der Waals surface area contributed by atoms with Crippen LogP contribution in [0.2, 0.25) is 0 Å². The summed E-state index contributed by atoms with van der Waals surface area (Å²) in [6.07, 6.45) is 5.29. The van der Waals surface area contributed by atoms with E-state index in [1.165, 1.54) is 6.08 Å². The van der Waals surface area contributed by atoms with Gasteiger partial charge in [0, 0.05) is 23.6 Å². The van der Waals surface area contributed by atoms with E-state index in [0.29, 0.717) is 18.8 Å². The number of rotatable bonds is 4. The van der Waals surface area contributed by atoms with E-state index in [1.54, 1.807) is 32.2 Å². The number of ether oxygens (including phenoxy) is 2. The molecule has 0 bridgehead atoms. The number of methoxy groups -OCH3 is 1. The van der Waals surface area contributed by atoms with Gasteiger partial charge < -0.3 is 9.47 Å². The van der Waals surface area contributed by atoms with Gasteiger partial charge >= 0.3 is 5.97 Å². The molecule has 0 aromatic heterocycles. The monoisotopic (exact) mass is 274 g/mol. The quantitative estimate of drug-likeness (QED) is 0.626. The van der Waals surface area contributed by atoms with E-state index in [0.717, 1.165) is 29.5 Å². The molecule has 4 nitrogen and oxygen atoms in total. The summed E-state index contributed by atoms with van der Waals surface area (Å²) in [5, 5.41) is 0. The van der Waals surface area contributed by atoms with Crippen LogP contribution in [0.15, 0.2) is 18.2 Å². The lowest BCUT2D eigenvalue weighted by atomic mass is 9.86. The minimum atomic E-state index is -0.394. The van der Waals surface area contributed by atoms with Crippen LogP contribution in [0.1, 0.15) is 41.3 Å². The molecule has 1 aliphatic rings. The number of hydrogen-bond acceptors (Lipinski definition) is 4. The number of fused-ring (bicyclic) bond motifs is 1. The number of hydrogen-bond donors (Lipinski definition) is 0. The van der Waals surface area contributed by atoms with E-state index in [-0.39, 0.29) is 5.78 Å². The Morgan fingerprint density at radius 3 is 2.85 bits per heavy atom. The fourth-order valence-corrected chi connectivity index (χ4v) is 2.44. The number of benzene rings is 1. The molecule has 0 unspecified atom stereocenters. The molecule has 0 fully saturated rings. The highest BCUT2D eigenvalue weighted by molar-refractivity contribution is 6.00. The van der Waals surface area contributed by atoms with Gasteiger partial charge in [-0.2, -0.15) is 0 Å². The smallest absolute Gasteiger partial charge is 0.330 e. The Labute approximate surface area is 118 Å². The Bertz CT molecular complexity index is 558. The number of carbonyl (C=O) groups excluding carboxylic acids is 2.